The monoisotopic (exact) mass is 581 g/mol. The van der Waals surface area contributed by atoms with E-state index in [1.807, 2.05) is 19.2 Å². The average Bonchev–Trinajstić information content (AvgIpc) is 3.31. The summed E-state index contributed by atoms with van der Waals surface area (Å²) in [6.45, 7) is 11.4. The first-order chi connectivity index (χ1) is 19.4. The van der Waals surface area contributed by atoms with Crippen LogP contribution in [0, 0.1) is 19.3 Å². The van der Waals surface area contributed by atoms with Gasteiger partial charge in [0.1, 0.15) is 0 Å². The number of hydrogen-bond donors (Lipinski definition) is 4. The number of sulfonamides is 1. The molecule has 222 valence electrons. The predicted octanol–water partition coefficient (Wildman–Crippen LogP) is 4.29. The lowest BCUT2D eigenvalue weighted by molar-refractivity contribution is -0.117. The summed E-state index contributed by atoms with van der Waals surface area (Å²) in [6.07, 6.45) is 10.4. The molecule has 0 aliphatic carbocycles. The van der Waals surface area contributed by atoms with Gasteiger partial charge in [-0.15, -0.1) is 0 Å². The molecular weight excluding hydrogens is 538 g/mol. The highest BCUT2D eigenvalue weighted by Crippen LogP contribution is 2.28. The molecule has 1 aliphatic heterocycles. The lowest BCUT2D eigenvalue weighted by Crippen LogP contribution is -2.40. The third kappa shape index (κ3) is 9.87. The van der Waals surface area contributed by atoms with Crippen molar-refractivity contribution in [2.75, 3.05) is 18.1 Å². The average molecular weight is 582 g/mol. The van der Waals surface area contributed by atoms with E-state index in [2.05, 4.69) is 58.1 Å². The van der Waals surface area contributed by atoms with E-state index in [1.165, 1.54) is 11.6 Å². The van der Waals surface area contributed by atoms with Crippen LogP contribution in [-0.4, -0.2) is 59.8 Å². The number of benzene rings is 1. The Bertz CT molecular complexity index is 1420. The molecule has 1 aromatic heterocycles. The fraction of sp³-hybridized carbons (Fsp3) is 0.467. The molecule has 1 aromatic carbocycles. The highest BCUT2D eigenvalue weighted by Gasteiger charge is 2.28. The van der Waals surface area contributed by atoms with Crippen LogP contribution >= 0.6 is 0 Å². The Kier molecular flexibility index (Phi) is 11.3. The number of carbonyl (C=O) groups excluding carboxylic acids is 1. The van der Waals surface area contributed by atoms with E-state index in [0.29, 0.717) is 11.5 Å². The van der Waals surface area contributed by atoms with Gasteiger partial charge in [-0.3, -0.25) is 9.69 Å². The summed E-state index contributed by atoms with van der Waals surface area (Å²) in [7, 11) is -3.43. The van der Waals surface area contributed by atoms with Crippen LogP contribution < -0.4 is 15.4 Å². The molecule has 0 saturated carbocycles. The topological polar surface area (TPSA) is 140 Å². The van der Waals surface area contributed by atoms with Crippen molar-refractivity contribution in [2.45, 2.75) is 79.1 Å². The summed E-state index contributed by atoms with van der Waals surface area (Å²) in [5, 5.41) is 14.5. The van der Waals surface area contributed by atoms with E-state index < -0.39 is 10.0 Å². The largest absolute Gasteiger partial charge is 0.350 e. The molecule has 0 saturated heterocycles. The Labute approximate surface area is 244 Å². The molecule has 0 spiro atoms. The Hall–Kier alpha value is -3.41. The van der Waals surface area contributed by atoms with Gasteiger partial charge >= 0.3 is 0 Å². The number of amides is 1. The van der Waals surface area contributed by atoms with E-state index in [-0.39, 0.29) is 30.2 Å². The fourth-order valence-electron chi connectivity index (χ4n) is 4.94. The first-order valence-corrected chi connectivity index (χ1v) is 15.9. The quantitative estimate of drug-likeness (QED) is 0.148. The molecule has 2 aromatic rings. The maximum atomic E-state index is 13.0. The molecule has 1 aliphatic rings. The highest BCUT2D eigenvalue weighted by atomic mass is 32.2. The van der Waals surface area contributed by atoms with Crippen LogP contribution in [-0.2, 0) is 27.9 Å². The number of aryl methyl sites for hydroxylation is 2. The van der Waals surface area contributed by atoms with Crippen molar-refractivity contribution in [3.8, 4) is 0 Å². The minimum absolute atomic E-state index is 0.00229. The summed E-state index contributed by atoms with van der Waals surface area (Å²) in [4.78, 5) is 24.8. The van der Waals surface area contributed by atoms with Crippen molar-refractivity contribution in [3.63, 3.8) is 0 Å². The van der Waals surface area contributed by atoms with Crippen LogP contribution in [0.3, 0.4) is 0 Å². The van der Waals surface area contributed by atoms with Crippen LogP contribution in [0.25, 0.3) is 0 Å². The Morgan fingerprint density at radius 2 is 2.00 bits per heavy atom. The molecule has 0 bridgehead atoms. The van der Waals surface area contributed by atoms with E-state index in [1.54, 1.807) is 19.1 Å². The van der Waals surface area contributed by atoms with Crippen LogP contribution in [0.4, 0.5) is 11.6 Å². The summed E-state index contributed by atoms with van der Waals surface area (Å²) < 4.78 is 25.0. The van der Waals surface area contributed by atoms with Crippen LogP contribution in [0.1, 0.15) is 62.4 Å². The third-order valence-corrected chi connectivity index (χ3v) is 7.58. The number of allylic oxidation sites excluding steroid dienone is 1. The normalized spacial score (nSPS) is 15.5. The van der Waals surface area contributed by atoms with Crippen LogP contribution in [0.2, 0.25) is 0 Å². The summed E-state index contributed by atoms with van der Waals surface area (Å²) in [5.74, 6) is 0.290. The Morgan fingerprint density at radius 1 is 1.24 bits per heavy atom. The second kappa shape index (κ2) is 14.5. The molecular formula is C30H43N7O3S. The van der Waals surface area contributed by atoms with Crippen molar-refractivity contribution in [2.24, 2.45) is 0 Å². The second-order valence-electron chi connectivity index (χ2n) is 10.8. The number of aromatic nitrogens is 2. The number of carbonyl (C=O) groups is 1. The van der Waals surface area contributed by atoms with Gasteiger partial charge in [0.25, 0.3) is 5.91 Å². The van der Waals surface area contributed by atoms with Crippen LogP contribution in [0.15, 0.2) is 48.2 Å². The predicted molar refractivity (Wildman–Crippen MR) is 165 cm³/mol. The third-order valence-electron chi connectivity index (χ3n) is 6.91. The molecule has 0 unspecified atom stereocenters. The number of hydrogen-bond acceptors (Lipinski definition) is 8. The van der Waals surface area contributed by atoms with Gasteiger partial charge in [-0.25, -0.2) is 23.1 Å². The van der Waals surface area contributed by atoms with Crippen molar-refractivity contribution in [3.05, 3.63) is 70.6 Å². The van der Waals surface area contributed by atoms with E-state index >= 15 is 0 Å². The SMILES string of the molecule is C/C=C\C(=C/C(=N)CNS(C)(=O)=O)C(=O)N[C@H](C)C[C@H](CCC)N1Cc2cnc(Nc3ccc(C)cc3C)nc2C1. The van der Waals surface area contributed by atoms with Gasteiger partial charge in [0, 0.05) is 53.9 Å². The standard InChI is InChI=1S/C30H43N7O3S/c1-7-9-23(15-25(31)17-33-41(6,39)40)29(38)34-22(5)14-26(10-8-2)37-18-24-16-32-30(36-28(24)19-37)35-27-12-11-20(3)13-21(27)4/h7,9,11-13,15-16,22,26,31,33H,8,10,14,17-19H2,1-6H3,(H,34,38)(H,32,35,36)/b9-7-,23-15+,31-25?/t22-,26+/m1/s1. The first-order valence-electron chi connectivity index (χ1n) is 14.0. The zero-order valence-corrected chi connectivity index (χ0v) is 25.7. The minimum Gasteiger partial charge on any atom is -0.350 e. The minimum atomic E-state index is -3.43. The van der Waals surface area contributed by atoms with Gasteiger partial charge in [-0.2, -0.15) is 0 Å². The fourth-order valence-corrected chi connectivity index (χ4v) is 5.36. The summed E-state index contributed by atoms with van der Waals surface area (Å²) in [5.41, 5.74) is 5.79. The van der Waals surface area contributed by atoms with Crippen molar-refractivity contribution >= 4 is 33.3 Å². The lowest BCUT2D eigenvalue weighted by atomic mass is 10.0. The maximum Gasteiger partial charge on any atom is 0.251 e. The van der Waals surface area contributed by atoms with Gasteiger partial charge < -0.3 is 16.0 Å². The van der Waals surface area contributed by atoms with Gasteiger partial charge in [0.2, 0.25) is 16.0 Å². The zero-order valence-electron chi connectivity index (χ0n) is 24.9. The lowest BCUT2D eigenvalue weighted by Gasteiger charge is -2.30. The molecule has 11 heteroatoms. The molecule has 4 N–H and O–H groups in total. The molecule has 3 rings (SSSR count). The zero-order chi connectivity index (χ0) is 30.2. The van der Waals surface area contributed by atoms with Gasteiger partial charge in [-0.05, 0) is 58.2 Å². The summed E-state index contributed by atoms with van der Waals surface area (Å²) in [6, 6.07) is 6.37. The number of rotatable bonds is 14. The van der Waals surface area contributed by atoms with Gasteiger partial charge in [0.15, 0.2) is 0 Å². The van der Waals surface area contributed by atoms with Gasteiger partial charge in [-0.1, -0.05) is 43.2 Å². The molecule has 41 heavy (non-hydrogen) atoms. The molecule has 0 fully saturated rings. The molecule has 0 radical (unpaired) electrons. The van der Waals surface area contributed by atoms with E-state index in [0.717, 1.165) is 61.1 Å². The van der Waals surface area contributed by atoms with Crippen molar-refractivity contribution < 1.29 is 13.2 Å². The highest BCUT2D eigenvalue weighted by molar-refractivity contribution is 7.88. The Balaban J connectivity index is 1.64. The molecule has 1 amide bonds. The molecule has 2 heterocycles. The Morgan fingerprint density at radius 3 is 2.66 bits per heavy atom. The van der Waals surface area contributed by atoms with Crippen LogP contribution in [0.5, 0.6) is 0 Å². The number of nitrogens with zero attached hydrogens (tertiary/aromatic N) is 3. The molecule has 10 nitrogen and oxygen atoms in total. The van der Waals surface area contributed by atoms with Crippen molar-refractivity contribution in [1.29, 1.82) is 5.41 Å². The maximum absolute atomic E-state index is 13.0. The number of fused-ring (bicyclic) bond motifs is 1. The van der Waals surface area contributed by atoms with Crippen molar-refractivity contribution in [1.82, 2.24) is 24.9 Å². The number of anilines is 2. The molecule has 2 atom stereocenters. The van der Waals surface area contributed by atoms with Gasteiger partial charge in [0.05, 0.1) is 18.5 Å². The second-order valence-corrected chi connectivity index (χ2v) is 12.6. The summed E-state index contributed by atoms with van der Waals surface area (Å²) >= 11 is 0. The first kappa shape index (κ1) is 32.1. The number of nitrogens with one attached hydrogen (secondary N) is 4. The smallest absolute Gasteiger partial charge is 0.251 e. The van der Waals surface area contributed by atoms with E-state index in [9.17, 15) is 13.2 Å². The van der Waals surface area contributed by atoms with E-state index in [4.69, 9.17) is 10.4 Å².